The van der Waals surface area contributed by atoms with Gasteiger partial charge in [-0.15, -0.1) is 0 Å². The molecule has 3 heterocycles. The van der Waals surface area contributed by atoms with Crippen LogP contribution in [0.4, 0.5) is 10.1 Å². The van der Waals surface area contributed by atoms with E-state index in [2.05, 4.69) is 16.0 Å². The van der Waals surface area contributed by atoms with E-state index in [1.54, 1.807) is 17.6 Å². The third-order valence-corrected chi connectivity index (χ3v) is 7.24. The van der Waals surface area contributed by atoms with Crippen molar-refractivity contribution in [2.45, 2.75) is 51.5 Å². The highest BCUT2D eigenvalue weighted by atomic mass is 19.1. The highest BCUT2D eigenvalue weighted by Crippen LogP contribution is 2.44. The SMILES string of the molecule is Cc1cc([C@@H](CC(=O)c2cc(Cn3ccn(C)c3=N)cc(N3CCCC3)c2)C2CC2)ncc1F. The van der Waals surface area contributed by atoms with Crippen LogP contribution in [0.1, 0.15) is 65.2 Å². The third-order valence-electron chi connectivity index (χ3n) is 7.24. The van der Waals surface area contributed by atoms with Crippen LogP contribution in [-0.2, 0) is 13.6 Å². The molecule has 6 nitrogen and oxygen atoms in total. The van der Waals surface area contributed by atoms with Gasteiger partial charge in [-0.3, -0.25) is 15.2 Å². The zero-order valence-electron chi connectivity index (χ0n) is 19.9. The van der Waals surface area contributed by atoms with Crippen molar-refractivity contribution in [1.29, 1.82) is 5.41 Å². The summed E-state index contributed by atoms with van der Waals surface area (Å²) in [6.07, 6.45) is 9.95. The number of carbonyl (C=O) groups is 1. The molecule has 0 spiro atoms. The molecule has 3 aromatic rings. The van der Waals surface area contributed by atoms with Crippen molar-refractivity contribution in [2.24, 2.45) is 13.0 Å². The van der Waals surface area contributed by atoms with E-state index in [-0.39, 0.29) is 17.5 Å². The molecule has 0 radical (unpaired) electrons. The molecule has 5 rings (SSSR count). The van der Waals surface area contributed by atoms with Gasteiger partial charge in [0.25, 0.3) is 0 Å². The monoisotopic (exact) mass is 461 g/mol. The summed E-state index contributed by atoms with van der Waals surface area (Å²) in [6, 6.07) is 7.97. The summed E-state index contributed by atoms with van der Waals surface area (Å²) in [5.74, 6) is 0.259. The summed E-state index contributed by atoms with van der Waals surface area (Å²) in [6.45, 7) is 4.30. The Morgan fingerprint density at radius 1 is 1.18 bits per heavy atom. The normalized spacial score (nSPS) is 16.7. The summed E-state index contributed by atoms with van der Waals surface area (Å²) in [5.41, 5.74) is 4.64. The van der Waals surface area contributed by atoms with Crippen LogP contribution in [0.3, 0.4) is 0 Å². The predicted molar refractivity (Wildman–Crippen MR) is 130 cm³/mol. The van der Waals surface area contributed by atoms with Crippen LogP contribution in [0.15, 0.2) is 42.9 Å². The third kappa shape index (κ3) is 4.69. The van der Waals surface area contributed by atoms with E-state index in [0.717, 1.165) is 55.7 Å². The van der Waals surface area contributed by atoms with Crippen molar-refractivity contribution in [3.63, 3.8) is 0 Å². The van der Waals surface area contributed by atoms with Gasteiger partial charge in [-0.2, -0.15) is 0 Å². The lowest BCUT2D eigenvalue weighted by Crippen LogP contribution is -2.23. The first-order valence-corrected chi connectivity index (χ1v) is 12.2. The maximum atomic E-state index is 13.8. The van der Waals surface area contributed by atoms with Gasteiger partial charge in [-0.25, -0.2) is 4.39 Å². The predicted octanol–water partition coefficient (Wildman–Crippen LogP) is 4.56. The van der Waals surface area contributed by atoms with Gasteiger partial charge < -0.3 is 14.0 Å². The Bertz CT molecular complexity index is 1270. The number of nitrogens with one attached hydrogen (secondary N) is 1. The van der Waals surface area contributed by atoms with Crippen molar-refractivity contribution in [3.8, 4) is 0 Å². The summed E-state index contributed by atoms with van der Waals surface area (Å²) >= 11 is 0. The smallest absolute Gasteiger partial charge is 0.202 e. The fourth-order valence-corrected chi connectivity index (χ4v) is 5.03. The van der Waals surface area contributed by atoms with Crippen molar-refractivity contribution in [1.82, 2.24) is 14.1 Å². The molecule has 34 heavy (non-hydrogen) atoms. The number of aryl methyl sites for hydroxylation is 2. The molecule has 1 saturated carbocycles. The lowest BCUT2D eigenvalue weighted by Gasteiger charge is -2.21. The first kappa shape index (κ1) is 22.6. The van der Waals surface area contributed by atoms with Crippen molar-refractivity contribution >= 4 is 11.5 Å². The first-order chi connectivity index (χ1) is 16.4. The van der Waals surface area contributed by atoms with Crippen LogP contribution >= 0.6 is 0 Å². The molecule has 2 fully saturated rings. The molecule has 1 aliphatic heterocycles. The number of nitrogens with zero attached hydrogens (tertiary/aromatic N) is 4. The average molecular weight is 462 g/mol. The zero-order valence-corrected chi connectivity index (χ0v) is 19.9. The Morgan fingerprint density at radius 3 is 2.59 bits per heavy atom. The van der Waals surface area contributed by atoms with Crippen LogP contribution in [-0.4, -0.2) is 33.0 Å². The van der Waals surface area contributed by atoms with E-state index < -0.39 is 0 Å². The summed E-state index contributed by atoms with van der Waals surface area (Å²) in [4.78, 5) is 20.3. The van der Waals surface area contributed by atoms with Crippen molar-refractivity contribution in [2.75, 3.05) is 18.0 Å². The van der Waals surface area contributed by atoms with Gasteiger partial charge >= 0.3 is 0 Å². The number of ketones is 1. The Morgan fingerprint density at radius 2 is 1.94 bits per heavy atom. The van der Waals surface area contributed by atoms with E-state index >= 15 is 0 Å². The fourth-order valence-electron chi connectivity index (χ4n) is 5.03. The number of hydrogen-bond acceptors (Lipinski definition) is 4. The van der Waals surface area contributed by atoms with E-state index in [0.29, 0.717) is 35.6 Å². The number of hydrogen-bond donors (Lipinski definition) is 1. The number of pyridine rings is 1. The molecule has 178 valence electrons. The van der Waals surface area contributed by atoms with Crippen LogP contribution in [0.25, 0.3) is 0 Å². The molecule has 7 heteroatoms. The molecule has 0 unspecified atom stereocenters. The standard InChI is InChI=1S/C27H32FN5O/c1-18-11-25(30-16-24(18)28)23(20-5-6-20)15-26(34)21-12-19(17-33-10-9-31(2)27(33)29)13-22(14-21)32-7-3-4-8-32/h9-14,16,20,23,29H,3-8,15,17H2,1-2H3/t23-/m0/s1. The second-order valence-electron chi connectivity index (χ2n) is 9.87. The number of rotatable bonds is 8. The summed E-state index contributed by atoms with van der Waals surface area (Å²) in [5, 5.41) is 8.27. The number of halogens is 1. The highest BCUT2D eigenvalue weighted by molar-refractivity contribution is 5.97. The van der Waals surface area contributed by atoms with Gasteiger partial charge in [0.1, 0.15) is 5.82 Å². The topological polar surface area (TPSA) is 66.9 Å². The second kappa shape index (κ2) is 9.20. The zero-order chi connectivity index (χ0) is 23.8. The van der Waals surface area contributed by atoms with Crippen LogP contribution in [0, 0.1) is 24.1 Å². The van der Waals surface area contributed by atoms with Gasteiger partial charge in [-0.05, 0) is 73.9 Å². The minimum atomic E-state index is -0.306. The second-order valence-corrected chi connectivity index (χ2v) is 9.87. The van der Waals surface area contributed by atoms with Crippen LogP contribution < -0.4 is 10.5 Å². The largest absolute Gasteiger partial charge is 0.372 e. The molecule has 0 amide bonds. The Kier molecular flexibility index (Phi) is 6.11. The summed E-state index contributed by atoms with van der Waals surface area (Å²) in [7, 11) is 1.86. The maximum Gasteiger partial charge on any atom is 0.202 e. The number of anilines is 1. The number of benzene rings is 1. The van der Waals surface area contributed by atoms with Gasteiger partial charge in [-0.1, -0.05) is 0 Å². The molecular formula is C27H32FN5O. The molecule has 1 aliphatic carbocycles. The molecular weight excluding hydrogens is 429 g/mol. The van der Waals surface area contributed by atoms with E-state index in [1.807, 2.05) is 36.1 Å². The van der Waals surface area contributed by atoms with Gasteiger partial charge in [0.15, 0.2) is 5.78 Å². The lowest BCUT2D eigenvalue weighted by molar-refractivity contribution is 0.0969. The van der Waals surface area contributed by atoms with Crippen LogP contribution in [0.2, 0.25) is 0 Å². The maximum absolute atomic E-state index is 13.8. The van der Waals surface area contributed by atoms with Crippen molar-refractivity contribution < 1.29 is 9.18 Å². The Hall–Kier alpha value is -3.22. The minimum Gasteiger partial charge on any atom is -0.372 e. The molecule has 0 bridgehead atoms. The number of imidazole rings is 1. The van der Waals surface area contributed by atoms with Gasteiger partial charge in [0.2, 0.25) is 5.62 Å². The average Bonchev–Trinajstić information content (AvgIpc) is 3.43. The molecule has 1 aromatic carbocycles. The molecule has 1 atom stereocenters. The van der Waals surface area contributed by atoms with E-state index in [9.17, 15) is 9.18 Å². The fraction of sp³-hybridized carbons (Fsp3) is 0.444. The van der Waals surface area contributed by atoms with Crippen molar-refractivity contribution in [3.05, 3.63) is 76.7 Å². The van der Waals surface area contributed by atoms with E-state index in [1.165, 1.54) is 6.20 Å². The summed E-state index contributed by atoms with van der Waals surface area (Å²) < 4.78 is 17.5. The lowest BCUT2D eigenvalue weighted by atomic mass is 9.89. The minimum absolute atomic E-state index is 0.0223. The van der Waals surface area contributed by atoms with Gasteiger partial charge in [0.05, 0.1) is 12.7 Å². The number of Topliss-reactive ketones (excluding diaryl/α,β-unsaturated/α-hetero) is 1. The quantitative estimate of drug-likeness (QED) is 0.500. The van der Waals surface area contributed by atoms with E-state index in [4.69, 9.17) is 5.41 Å². The highest BCUT2D eigenvalue weighted by Gasteiger charge is 2.35. The Labute approximate surface area is 199 Å². The molecule has 2 aromatic heterocycles. The molecule has 1 saturated heterocycles. The molecule has 1 N–H and O–H groups in total. The number of aromatic nitrogens is 3. The first-order valence-electron chi connectivity index (χ1n) is 12.2. The Balaban J connectivity index is 1.45. The number of carbonyl (C=O) groups excluding carboxylic acids is 1. The van der Waals surface area contributed by atoms with Gasteiger partial charge in [0, 0.05) is 61.8 Å². The molecule has 2 aliphatic rings. The van der Waals surface area contributed by atoms with Crippen LogP contribution in [0.5, 0.6) is 0 Å².